The summed E-state index contributed by atoms with van der Waals surface area (Å²) in [6.07, 6.45) is 0.653. The van der Waals surface area contributed by atoms with E-state index in [1.165, 1.54) is 11.1 Å². The van der Waals surface area contributed by atoms with Crippen LogP contribution in [-0.2, 0) is 22.6 Å². The fourth-order valence-electron chi connectivity index (χ4n) is 4.76. The summed E-state index contributed by atoms with van der Waals surface area (Å²) in [5.41, 5.74) is 2.75. The molecule has 0 saturated heterocycles. The van der Waals surface area contributed by atoms with E-state index in [0.717, 1.165) is 6.42 Å². The van der Waals surface area contributed by atoms with Crippen molar-refractivity contribution in [3.63, 3.8) is 0 Å². The van der Waals surface area contributed by atoms with Crippen LogP contribution in [0.15, 0.2) is 47.3 Å². The second-order valence-corrected chi connectivity index (χ2v) is 8.74. The third kappa shape index (κ3) is 3.96. The van der Waals surface area contributed by atoms with Crippen molar-refractivity contribution >= 4 is 29.3 Å². The SMILES string of the molecule is O=C(CC1C(=O)Nc2nc(N3CCc4ccccc4C3)[nH]c(=O)c21)Nc1ccc2c(c1)OCCO2. The topological polar surface area (TPSA) is 126 Å². The standard InChI is InChI=1S/C25H23N5O5/c31-20(26-16-5-6-18-19(11-16)35-10-9-34-18)12-17-21-22(27-23(17)32)28-25(29-24(21)33)30-8-7-14-3-1-2-4-15(14)13-30/h1-6,11,17H,7-10,12-13H2,(H,26,31)(H2,27,28,29,32,33). The highest BCUT2D eigenvalue weighted by atomic mass is 16.6. The minimum absolute atomic E-state index is 0.186. The van der Waals surface area contributed by atoms with Gasteiger partial charge in [0, 0.05) is 31.3 Å². The van der Waals surface area contributed by atoms with Crippen molar-refractivity contribution in [3.05, 3.63) is 69.5 Å². The molecule has 10 nitrogen and oxygen atoms in total. The number of rotatable bonds is 4. The van der Waals surface area contributed by atoms with E-state index in [9.17, 15) is 14.4 Å². The summed E-state index contributed by atoms with van der Waals surface area (Å²) in [5, 5.41) is 5.45. The number of anilines is 3. The molecule has 0 bridgehead atoms. The monoisotopic (exact) mass is 473 g/mol. The summed E-state index contributed by atoms with van der Waals surface area (Å²) in [4.78, 5) is 47.7. The Morgan fingerprint density at radius 3 is 2.74 bits per heavy atom. The van der Waals surface area contributed by atoms with E-state index < -0.39 is 23.3 Å². The number of ether oxygens (including phenoxy) is 2. The van der Waals surface area contributed by atoms with Gasteiger partial charge in [0.2, 0.25) is 17.8 Å². The third-order valence-electron chi connectivity index (χ3n) is 6.49. The maximum atomic E-state index is 13.0. The van der Waals surface area contributed by atoms with Crippen molar-refractivity contribution in [2.45, 2.75) is 25.3 Å². The molecule has 1 atom stereocenters. The van der Waals surface area contributed by atoms with Gasteiger partial charge in [-0.15, -0.1) is 0 Å². The van der Waals surface area contributed by atoms with Gasteiger partial charge in [-0.05, 0) is 29.7 Å². The second kappa shape index (κ2) is 8.46. The summed E-state index contributed by atoms with van der Waals surface area (Å²) < 4.78 is 11.0. The predicted molar refractivity (Wildman–Crippen MR) is 128 cm³/mol. The Hall–Kier alpha value is -4.34. The van der Waals surface area contributed by atoms with E-state index in [0.29, 0.717) is 49.4 Å². The second-order valence-electron chi connectivity index (χ2n) is 8.74. The van der Waals surface area contributed by atoms with E-state index in [-0.39, 0.29) is 17.8 Å². The lowest BCUT2D eigenvalue weighted by atomic mass is 9.99. The van der Waals surface area contributed by atoms with E-state index in [2.05, 4.69) is 32.7 Å². The molecule has 3 aliphatic rings. The number of carbonyl (C=O) groups excluding carboxylic acids is 2. The molecule has 1 unspecified atom stereocenters. The largest absolute Gasteiger partial charge is 0.486 e. The number of carbonyl (C=O) groups is 2. The van der Waals surface area contributed by atoms with Crippen molar-refractivity contribution in [3.8, 4) is 11.5 Å². The van der Waals surface area contributed by atoms with Gasteiger partial charge in [0.05, 0.1) is 11.5 Å². The van der Waals surface area contributed by atoms with Crippen LogP contribution in [-0.4, -0.2) is 41.5 Å². The first-order valence-corrected chi connectivity index (χ1v) is 11.5. The van der Waals surface area contributed by atoms with Gasteiger partial charge in [-0.25, -0.2) is 0 Å². The van der Waals surface area contributed by atoms with E-state index in [4.69, 9.17) is 9.47 Å². The van der Waals surface area contributed by atoms with Gasteiger partial charge >= 0.3 is 0 Å². The zero-order valence-electron chi connectivity index (χ0n) is 18.8. The van der Waals surface area contributed by atoms with E-state index >= 15 is 0 Å². The Morgan fingerprint density at radius 1 is 1.09 bits per heavy atom. The molecule has 3 aromatic rings. The van der Waals surface area contributed by atoms with Crippen LogP contribution in [0, 0.1) is 0 Å². The molecule has 2 aromatic carbocycles. The molecule has 0 spiro atoms. The quantitative estimate of drug-likeness (QED) is 0.530. The number of benzene rings is 2. The van der Waals surface area contributed by atoms with Gasteiger partial charge in [0.15, 0.2) is 11.5 Å². The average Bonchev–Trinajstić information content (AvgIpc) is 3.18. The smallest absolute Gasteiger partial charge is 0.258 e. The molecule has 0 fully saturated rings. The first-order valence-electron chi connectivity index (χ1n) is 11.5. The Bertz CT molecular complexity index is 1400. The van der Waals surface area contributed by atoms with Gasteiger partial charge < -0.3 is 25.0 Å². The molecular formula is C25H23N5O5. The van der Waals surface area contributed by atoms with Gasteiger partial charge in [-0.1, -0.05) is 24.3 Å². The summed E-state index contributed by atoms with van der Waals surface area (Å²) in [7, 11) is 0. The maximum absolute atomic E-state index is 13.0. The zero-order chi connectivity index (χ0) is 23.9. The lowest BCUT2D eigenvalue weighted by Crippen LogP contribution is -2.33. The van der Waals surface area contributed by atoms with Crippen LogP contribution < -0.4 is 30.6 Å². The lowest BCUT2D eigenvalue weighted by Gasteiger charge is -2.29. The van der Waals surface area contributed by atoms with Crippen LogP contribution in [0.3, 0.4) is 0 Å². The number of nitrogens with zero attached hydrogens (tertiary/aromatic N) is 2. The molecule has 3 aliphatic heterocycles. The molecule has 6 rings (SSSR count). The Kier molecular flexibility index (Phi) is 5.13. The zero-order valence-corrected chi connectivity index (χ0v) is 18.8. The molecule has 0 radical (unpaired) electrons. The van der Waals surface area contributed by atoms with Crippen molar-refractivity contribution in [1.29, 1.82) is 0 Å². The molecule has 4 heterocycles. The van der Waals surface area contributed by atoms with Crippen molar-refractivity contribution in [1.82, 2.24) is 9.97 Å². The molecule has 35 heavy (non-hydrogen) atoms. The number of aromatic nitrogens is 2. The first-order chi connectivity index (χ1) is 17.0. The number of hydrogen-bond donors (Lipinski definition) is 3. The average molecular weight is 473 g/mol. The Morgan fingerprint density at radius 2 is 1.89 bits per heavy atom. The highest BCUT2D eigenvalue weighted by Gasteiger charge is 2.37. The van der Waals surface area contributed by atoms with Crippen LogP contribution in [0.5, 0.6) is 11.5 Å². The summed E-state index contributed by atoms with van der Waals surface area (Å²) in [5.74, 6) is 0.0435. The maximum Gasteiger partial charge on any atom is 0.258 e. The van der Waals surface area contributed by atoms with Crippen LogP contribution in [0.25, 0.3) is 0 Å². The number of hydrogen-bond acceptors (Lipinski definition) is 7. The number of fused-ring (bicyclic) bond motifs is 3. The fourth-order valence-corrected chi connectivity index (χ4v) is 4.76. The van der Waals surface area contributed by atoms with Gasteiger partial charge in [0.1, 0.15) is 19.0 Å². The molecule has 0 aliphatic carbocycles. The van der Waals surface area contributed by atoms with Crippen LogP contribution in [0.1, 0.15) is 29.0 Å². The molecule has 3 N–H and O–H groups in total. The predicted octanol–water partition coefficient (Wildman–Crippen LogP) is 2.17. The van der Waals surface area contributed by atoms with Gasteiger partial charge in [-0.3, -0.25) is 19.4 Å². The molecule has 10 heteroatoms. The minimum atomic E-state index is -0.922. The van der Waals surface area contributed by atoms with Crippen LogP contribution >= 0.6 is 0 Å². The van der Waals surface area contributed by atoms with Gasteiger partial charge in [0.25, 0.3) is 5.56 Å². The molecule has 178 valence electrons. The number of aromatic amines is 1. The van der Waals surface area contributed by atoms with E-state index in [1.807, 2.05) is 17.0 Å². The fraction of sp³-hybridized carbons (Fsp3) is 0.280. The van der Waals surface area contributed by atoms with Crippen molar-refractivity contribution < 1.29 is 19.1 Å². The molecule has 1 aromatic heterocycles. The molecule has 2 amide bonds. The van der Waals surface area contributed by atoms with Gasteiger partial charge in [-0.2, -0.15) is 4.98 Å². The molecule has 0 saturated carbocycles. The normalized spacial score (nSPS) is 17.9. The summed E-state index contributed by atoms with van der Waals surface area (Å²) in [6, 6.07) is 13.3. The third-order valence-corrected chi connectivity index (χ3v) is 6.49. The number of nitrogens with one attached hydrogen (secondary N) is 3. The van der Waals surface area contributed by atoms with Crippen LogP contribution in [0.4, 0.5) is 17.5 Å². The number of H-pyrrole nitrogens is 1. The summed E-state index contributed by atoms with van der Waals surface area (Å²) >= 11 is 0. The molecular weight excluding hydrogens is 450 g/mol. The van der Waals surface area contributed by atoms with Crippen molar-refractivity contribution in [2.24, 2.45) is 0 Å². The lowest BCUT2D eigenvalue weighted by molar-refractivity contribution is -0.122. The van der Waals surface area contributed by atoms with E-state index in [1.54, 1.807) is 18.2 Å². The minimum Gasteiger partial charge on any atom is -0.486 e. The van der Waals surface area contributed by atoms with Crippen LogP contribution in [0.2, 0.25) is 0 Å². The highest BCUT2D eigenvalue weighted by Crippen LogP contribution is 2.34. The first kappa shape index (κ1) is 21.2. The Labute approximate surface area is 200 Å². The summed E-state index contributed by atoms with van der Waals surface area (Å²) in [6.45, 7) is 2.23. The highest BCUT2D eigenvalue weighted by molar-refractivity contribution is 6.05. The number of amides is 2. The van der Waals surface area contributed by atoms with Crippen molar-refractivity contribution in [2.75, 3.05) is 35.3 Å². The Balaban J connectivity index is 1.19.